The molecule has 0 fully saturated rings. The van der Waals surface area contributed by atoms with Crippen molar-refractivity contribution in [2.24, 2.45) is 5.92 Å². The topological polar surface area (TPSA) is 0 Å². The van der Waals surface area contributed by atoms with Crippen LogP contribution in [-0.4, -0.2) is 0 Å². The van der Waals surface area contributed by atoms with Crippen molar-refractivity contribution in [3.63, 3.8) is 0 Å². The second-order valence-corrected chi connectivity index (χ2v) is 6.58. The molecule has 0 heterocycles. The summed E-state index contributed by atoms with van der Waals surface area (Å²) in [7, 11) is 0. The van der Waals surface area contributed by atoms with E-state index in [0.29, 0.717) is 5.92 Å². The highest BCUT2D eigenvalue weighted by molar-refractivity contribution is 14.1. The Balaban J connectivity index is 2.06. The minimum atomic E-state index is 0.632. The largest absolute Gasteiger partial charge is 0.0834 e. The van der Waals surface area contributed by atoms with Gasteiger partial charge in [0, 0.05) is 3.57 Å². The van der Waals surface area contributed by atoms with Crippen molar-refractivity contribution in [3.8, 4) is 11.1 Å². The van der Waals surface area contributed by atoms with Crippen molar-refractivity contribution in [3.05, 3.63) is 75.9 Å². The van der Waals surface area contributed by atoms with Gasteiger partial charge in [0.15, 0.2) is 0 Å². The lowest BCUT2D eigenvalue weighted by atomic mass is 9.92. The number of benzene rings is 2. The van der Waals surface area contributed by atoms with E-state index in [9.17, 15) is 0 Å². The Bertz CT molecular complexity index is 665. The van der Waals surface area contributed by atoms with E-state index in [1.165, 1.54) is 25.8 Å². The Labute approximate surface area is 134 Å². The first kappa shape index (κ1) is 13.6. The fourth-order valence-electron chi connectivity index (χ4n) is 2.59. The molecule has 1 aliphatic rings. The molecule has 0 amide bonds. The fourth-order valence-corrected chi connectivity index (χ4v) is 3.26. The van der Waals surface area contributed by atoms with Crippen LogP contribution in [0.1, 0.15) is 18.9 Å². The molecule has 0 aliphatic heterocycles. The molecule has 20 heavy (non-hydrogen) atoms. The molecule has 3 rings (SSSR count). The Morgan fingerprint density at radius 3 is 2.45 bits per heavy atom. The van der Waals surface area contributed by atoms with Crippen LogP contribution in [0, 0.1) is 9.49 Å². The molecule has 0 saturated heterocycles. The Hall–Kier alpha value is -1.35. The third-order valence-corrected chi connectivity index (χ3v) is 4.23. The Kier molecular flexibility index (Phi) is 4.06. The maximum atomic E-state index is 2.41. The van der Waals surface area contributed by atoms with Gasteiger partial charge in [-0.1, -0.05) is 55.5 Å². The molecule has 2 aromatic carbocycles. The molecule has 0 bridgehead atoms. The van der Waals surface area contributed by atoms with Crippen molar-refractivity contribution in [1.82, 2.24) is 0 Å². The maximum Gasteiger partial charge on any atom is 0.0142 e. The normalized spacial score (nSPS) is 17.9. The van der Waals surface area contributed by atoms with Crippen LogP contribution >= 0.6 is 22.6 Å². The van der Waals surface area contributed by atoms with Crippen LogP contribution in [0.2, 0.25) is 0 Å². The van der Waals surface area contributed by atoms with Gasteiger partial charge in [0.25, 0.3) is 0 Å². The molecule has 0 N–H and O–H groups in total. The van der Waals surface area contributed by atoms with E-state index in [2.05, 4.69) is 96.3 Å². The average Bonchev–Trinajstić information content (AvgIpc) is 2.47. The number of hydrogen-bond donors (Lipinski definition) is 0. The predicted octanol–water partition coefficient (Wildman–Crippen LogP) is 5.94. The van der Waals surface area contributed by atoms with Crippen molar-refractivity contribution in [2.45, 2.75) is 13.3 Å². The second-order valence-electron chi connectivity index (χ2n) is 5.33. The summed E-state index contributed by atoms with van der Waals surface area (Å²) in [5.41, 5.74) is 5.23. The number of halogens is 1. The van der Waals surface area contributed by atoms with Crippen molar-refractivity contribution >= 4 is 28.2 Å². The quantitative estimate of drug-likeness (QED) is 0.573. The summed E-state index contributed by atoms with van der Waals surface area (Å²) in [4.78, 5) is 0. The molecule has 0 aromatic heterocycles. The van der Waals surface area contributed by atoms with Gasteiger partial charge in [-0.2, -0.15) is 0 Å². The van der Waals surface area contributed by atoms with Crippen LogP contribution in [0.3, 0.4) is 0 Å². The zero-order valence-corrected chi connectivity index (χ0v) is 13.7. The SMILES string of the molecule is C[C@H]1C=C(c2cc(I)cc(-c3ccccc3)c2)C=CC1. The minimum absolute atomic E-state index is 0.632. The second kappa shape index (κ2) is 5.96. The first-order valence-electron chi connectivity index (χ1n) is 6.97. The lowest BCUT2D eigenvalue weighted by molar-refractivity contribution is 0.740. The Morgan fingerprint density at radius 2 is 1.70 bits per heavy atom. The third kappa shape index (κ3) is 3.04. The smallest absolute Gasteiger partial charge is 0.0142 e. The van der Waals surface area contributed by atoms with E-state index in [-0.39, 0.29) is 0 Å². The van der Waals surface area contributed by atoms with Crippen molar-refractivity contribution in [1.29, 1.82) is 0 Å². The summed E-state index contributed by atoms with van der Waals surface area (Å²) < 4.78 is 1.28. The molecule has 0 saturated carbocycles. The highest BCUT2D eigenvalue weighted by atomic mass is 127. The lowest BCUT2D eigenvalue weighted by Crippen LogP contribution is -1.95. The van der Waals surface area contributed by atoms with E-state index in [4.69, 9.17) is 0 Å². The lowest BCUT2D eigenvalue weighted by Gasteiger charge is -2.14. The van der Waals surface area contributed by atoms with Gasteiger partial charge >= 0.3 is 0 Å². The van der Waals surface area contributed by atoms with Crippen molar-refractivity contribution in [2.75, 3.05) is 0 Å². The average molecular weight is 372 g/mol. The summed E-state index contributed by atoms with van der Waals surface area (Å²) in [6.07, 6.45) is 8.06. The summed E-state index contributed by atoms with van der Waals surface area (Å²) in [6, 6.07) is 17.4. The molecule has 0 nitrogen and oxygen atoms in total. The van der Waals surface area contributed by atoms with Crippen LogP contribution in [0.15, 0.2) is 66.8 Å². The van der Waals surface area contributed by atoms with E-state index >= 15 is 0 Å². The first-order chi connectivity index (χ1) is 9.72. The van der Waals surface area contributed by atoms with Crippen LogP contribution in [0.5, 0.6) is 0 Å². The summed E-state index contributed by atoms with van der Waals surface area (Å²) >= 11 is 2.41. The number of allylic oxidation sites excluding steroid dienone is 4. The fraction of sp³-hybridized carbons (Fsp3) is 0.158. The van der Waals surface area contributed by atoms with E-state index in [1.807, 2.05) is 0 Å². The van der Waals surface area contributed by atoms with Gasteiger partial charge in [0.1, 0.15) is 0 Å². The molecular formula is C19H17I. The summed E-state index contributed by atoms with van der Waals surface area (Å²) in [5, 5.41) is 0. The van der Waals surface area contributed by atoms with Gasteiger partial charge in [-0.05, 0) is 75.4 Å². The molecule has 1 heteroatoms. The van der Waals surface area contributed by atoms with E-state index < -0.39 is 0 Å². The third-order valence-electron chi connectivity index (χ3n) is 3.61. The van der Waals surface area contributed by atoms with Crippen molar-refractivity contribution < 1.29 is 0 Å². The minimum Gasteiger partial charge on any atom is -0.0834 e. The number of rotatable bonds is 2. The van der Waals surface area contributed by atoms with Gasteiger partial charge in [0.2, 0.25) is 0 Å². The van der Waals surface area contributed by atoms with E-state index in [1.54, 1.807) is 0 Å². The Morgan fingerprint density at radius 1 is 0.950 bits per heavy atom. The number of hydrogen-bond acceptors (Lipinski definition) is 0. The molecule has 1 aliphatic carbocycles. The molecule has 0 unspecified atom stereocenters. The van der Waals surface area contributed by atoms with Crippen LogP contribution in [-0.2, 0) is 0 Å². The molecule has 2 aromatic rings. The monoisotopic (exact) mass is 372 g/mol. The van der Waals surface area contributed by atoms with E-state index in [0.717, 1.165) is 6.42 Å². The van der Waals surface area contributed by atoms with Gasteiger partial charge in [-0.15, -0.1) is 0 Å². The first-order valence-corrected chi connectivity index (χ1v) is 8.05. The molecule has 100 valence electrons. The molecule has 1 atom stereocenters. The van der Waals surface area contributed by atoms with Gasteiger partial charge in [-0.3, -0.25) is 0 Å². The van der Waals surface area contributed by atoms with Gasteiger partial charge < -0.3 is 0 Å². The van der Waals surface area contributed by atoms with Crippen LogP contribution in [0.4, 0.5) is 0 Å². The molecule has 0 radical (unpaired) electrons. The molecular weight excluding hydrogens is 355 g/mol. The zero-order chi connectivity index (χ0) is 13.9. The highest BCUT2D eigenvalue weighted by Crippen LogP contribution is 2.30. The standard InChI is InChI=1S/C19H17I/c1-14-6-5-9-16(10-14)18-11-17(12-19(20)13-18)15-7-3-2-4-8-15/h2-5,7-14H,6H2,1H3/t14-/m1/s1. The van der Waals surface area contributed by atoms with Gasteiger partial charge in [-0.25, -0.2) is 0 Å². The zero-order valence-electron chi connectivity index (χ0n) is 11.5. The van der Waals surface area contributed by atoms with Crippen LogP contribution in [0.25, 0.3) is 16.7 Å². The summed E-state index contributed by atoms with van der Waals surface area (Å²) in [5.74, 6) is 0.632. The predicted molar refractivity (Wildman–Crippen MR) is 95.5 cm³/mol. The highest BCUT2D eigenvalue weighted by Gasteiger charge is 2.08. The summed E-state index contributed by atoms with van der Waals surface area (Å²) in [6.45, 7) is 2.27. The molecule has 0 spiro atoms. The van der Waals surface area contributed by atoms with Crippen LogP contribution < -0.4 is 0 Å². The van der Waals surface area contributed by atoms with Gasteiger partial charge in [0.05, 0.1) is 0 Å². The maximum absolute atomic E-state index is 2.41.